The van der Waals surface area contributed by atoms with E-state index in [9.17, 15) is 9.90 Å². The van der Waals surface area contributed by atoms with Gasteiger partial charge in [0.2, 0.25) is 0 Å². The summed E-state index contributed by atoms with van der Waals surface area (Å²) in [6.07, 6.45) is 3.80. The number of nitrogens with zero attached hydrogens (tertiary/aromatic N) is 2. The van der Waals surface area contributed by atoms with Crippen LogP contribution in [0.2, 0.25) is 0 Å². The van der Waals surface area contributed by atoms with Crippen LogP contribution in [0.1, 0.15) is 40.5 Å². The molecule has 3 N–H and O–H groups in total. The summed E-state index contributed by atoms with van der Waals surface area (Å²) in [5.74, 6) is -0.00750. The van der Waals surface area contributed by atoms with E-state index >= 15 is 0 Å². The monoisotopic (exact) mass is 324 g/mol. The Kier molecular flexibility index (Phi) is 4.82. The molecule has 3 rings (SSSR count). The van der Waals surface area contributed by atoms with Gasteiger partial charge in [-0.25, -0.2) is 0 Å². The number of aromatic nitrogens is 1. The zero-order chi connectivity index (χ0) is 16.9. The Balaban J connectivity index is 1.72. The number of aromatic hydroxyl groups is 1. The van der Waals surface area contributed by atoms with E-state index in [1.165, 1.54) is 12.3 Å². The number of aromatic amines is 1. The van der Waals surface area contributed by atoms with Crippen molar-refractivity contribution < 1.29 is 9.90 Å². The van der Waals surface area contributed by atoms with Gasteiger partial charge in [0.25, 0.3) is 5.91 Å². The number of carbonyl (C=O) groups is 1. The molecule has 24 heavy (non-hydrogen) atoms. The zero-order valence-corrected chi connectivity index (χ0v) is 13.3. The molecule has 2 heterocycles. The summed E-state index contributed by atoms with van der Waals surface area (Å²) < 4.78 is 0. The van der Waals surface area contributed by atoms with E-state index in [1.807, 2.05) is 18.2 Å². The number of rotatable bonds is 5. The van der Waals surface area contributed by atoms with Gasteiger partial charge in [-0.3, -0.25) is 9.69 Å². The van der Waals surface area contributed by atoms with Crippen LogP contribution in [0.15, 0.2) is 36.5 Å². The molecule has 0 bridgehead atoms. The maximum Gasteiger partial charge on any atom is 0.267 e. The molecule has 1 amide bonds. The molecular weight excluding hydrogens is 304 g/mol. The fourth-order valence-corrected chi connectivity index (χ4v) is 3.12. The summed E-state index contributed by atoms with van der Waals surface area (Å²) in [4.78, 5) is 17.4. The van der Waals surface area contributed by atoms with Gasteiger partial charge in [0.1, 0.15) is 17.5 Å². The maximum atomic E-state index is 12.3. The third kappa shape index (κ3) is 3.58. The van der Waals surface area contributed by atoms with E-state index in [-0.39, 0.29) is 17.7 Å². The number of carbonyl (C=O) groups excluding carboxylic acids is 1. The highest BCUT2D eigenvalue weighted by molar-refractivity contribution is 5.92. The lowest BCUT2D eigenvalue weighted by Crippen LogP contribution is -2.36. The Labute approximate surface area is 140 Å². The minimum absolute atomic E-state index is 0.0222. The number of hydrogen-bond acceptors (Lipinski definition) is 4. The molecule has 1 aromatic heterocycles. The average Bonchev–Trinajstić information content (AvgIpc) is 3.27. The van der Waals surface area contributed by atoms with E-state index in [0.717, 1.165) is 31.5 Å². The van der Waals surface area contributed by atoms with E-state index in [0.29, 0.717) is 17.8 Å². The third-order valence-corrected chi connectivity index (χ3v) is 4.35. The van der Waals surface area contributed by atoms with Crippen molar-refractivity contribution in [1.29, 1.82) is 5.26 Å². The lowest BCUT2D eigenvalue weighted by Gasteiger charge is -2.28. The van der Waals surface area contributed by atoms with Crippen LogP contribution in [0, 0.1) is 11.3 Å². The van der Waals surface area contributed by atoms with Gasteiger partial charge in [0, 0.05) is 12.7 Å². The fraction of sp³-hybridized carbons (Fsp3) is 0.333. The lowest BCUT2D eigenvalue weighted by atomic mass is 10.0. The second kappa shape index (κ2) is 7.20. The molecule has 2 aromatic rings. The molecule has 0 saturated carbocycles. The lowest BCUT2D eigenvalue weighted by molar-refractivity contribution is 0.0933. The molecule has 0 aliphatic carbocycles. The summed E-state index contributed by atoms with van der Waals surface area (Å²) in [5.41, 5.74) is 1.80. The number of H-pyrrole nitrogens is 1. The standard InChI is InChI=1S/C18H20N4O2/c19-10-13-8-16(20-11-13)18(24)21-12-17(22-6-1-2-7-22)14-4-3-5-15(23)9-14/h3-5,8-9,11,17,20,23H,1-2,6-7,12H2,(H,21,24). The molecule has 1 aliphatic rings. The smallest absolute Gasteiger partial charge is 0.267 e. The van der Waals surface area contributed by atoms with Gasteiger partial charge in [-0.1, -0.05) is 12.1 Å². The van der Waals surface area contributed by atoms with E-state index in [2.05, 4.69) is 15.2 Å². The number of hydrogen-bond donors (Lipinski definition) is 3. The van der Waals surface area contributed by atoms with Crippen molar-refractivity contribution in [2.75, 3.05) is 19.6 Å². The van der Waals surface area contributed by atoms with Gasteiger partial charge >= 0.3 is 0 Å². The van der Waals surface area contributed by atoms with Crippen molar-refractivity contribution in [2.45, 2.75) is 18.9 Å². The van der Waals surface area contributed by atoms with Gasteiger partial charge in [0.15, 0.2) is 0 Å². The van der Waals surface area contributed by atoms with Crippen LogP contribution in [0.4, 0.5) is 0 Å². The molecule has 1 fully saturated rings. The van der Waals surface area contributed by atoms with Crippen molar-refractivity contribution in [2.24, 2.45) is 0 Å². The Hall–Kier alpha value is -2.78. The Morgan fingerprint density at radius 3 is 2.83 bits per heavy atom. The van der Waals surface area contributed by atoms with E-state index in [4.69, 9.17) is 5.26 Å². The van der Waals surface area contributed by atoms with Crippen LogP contribution >= 0.6 is 0 Å². The molecule has 1 aliphatic heterocycles. The molecule has 1 aromatic carbocycles. The third-order valence-electron chi connectivity index (χ3n) is 4.35. The Morgan fingerprint density at radius 1 is 1.38 bits per heavy atom. The number of likely N-dealkylation sites (tertiary alicyclic amines) is 1. The summed E-state index contributed by atoms with van der Waals surface area (Å²) >= 11 is 0. The highest BCUT2D eigenvalue weighted by Crippen LogP contribution is 2.26. The van der Waals surface area contributed by atoms with Crippen LogP contribution in [-0.4, -0.2) is 40.5 Å². The van der Waals surface area contributed by atoms with Crippen LogP contribution < -0.4 is 5.32 Å². The second-order valence-corrected chi connectivity index (χ2v) is 5.98. The first kappa shape index (κ1) is 16.1. The van der Waals surface area contributed by atoms with E-state index in [1.54, 1.807) is 12.1 Å². The Morgan fingerprint density at radius 2 is 2.17 bits per heavy atom. The first-order chi connectivity index (χ1) is 11.7. The number of phenols is 1. The SMILES string of the molecule is N#Cc1c[nH]c(C(=O)NCC(c2cccc(O)c2)N2CCCC2)c1. The normalized spacial score (nSPS) is 15.8. The largest absolute Gasteiger partial charge is 0.508 e. The van der Waals surface area contributed by atoms with E-state index < -0.39 is 0 Å². The van der Waals surface area contributed by atoms with Gasteiger partial charge in [-0.05, 0) is 49.7 Å². The first-order valence-electron chi connectivity index (χ1n) is 8.07. The van der Waals surface area contributed by atoms with Gasteiger partial charge in [-0.2, -0.15) is 5.26 Å². The minimum atomic E-state index is -0.235. The molecular formula is C18H20N4O2. The molecule has 1 atom stereocenters. The number of amides is 1. The molecule has 6 heteroatoms. The second-order valence-electron chi connectivity index (χ2n) is 5.98. The average molecular weight is 324 g/mol. The van der Waals surface area contributed by atoms with Gasteiger partial charge in [0.05, 0.1) is 11.6 Å². The number of phenolic OH excluding ortho intramolecular Hbond substituents is 1. The number of benzene rings is 1. The van der Waals surface area contributed by atoms with Crippen LogP contribution in [-0.2, 0) is 0 Å². The van der Waals surface area contributed by atoms with Crippen molar-refractivity contribution in [3.05, 3.63) is 53.3 Å². The molecule has 124 valence electrons. The highest BCUT2D eigenvalue weighted by Gasteiger charge is 2.24. The number of nitrogens with one attached hydrogen (secondary N) is 2. The van der Waals surface area contributed by atoms with Gasteiger partial charge < -0.3 is 15.4 Å². The summed E-state index contributed by atoms with van der Waals surface area (Å²) in [5, 5.41) is 21.5. The summed E-state index contributed by atoms with van der Waals surface area (Å²) in [6, 6.07) is 10.7. The Bertz CT molecular complexity index is 756. The number of nitriles is 1. The van der Waals surface area contributed by atoms with Crippen molar-refractivity contribution >= 4 is 5.91 Å². The topological polar surface area (TPSA) is 92.1 Å². The molecule has 1 unspecified atom stereocenters. The summed E-state index contributed by atoms with van der Waals surface area (Å²) in [6.45, 7) is 2.41. The van der Waals surface area contributed by atoms with Crippen LogP contribution in [0.3, 0.4) is 0 Å². The van der Waals surface area contributed by atoms with Crippen molar-refractivity contribution in [3.63, 3.8) is 0 Å². The quantitative estimate of drug-likeness (QED) is 0.786. The molecule has 0 radical (unpaired) electrons. The van der Waals surface area contributed by atoms with Crippen molar-refractivity contribution in [3.8, 4) is 11.8 Å². The predicted molar refractivity (Wildman–Crippen MR) is 89.5 cm³/mol. The molecule has 1 saturated heterocycles. The van der Waals surface area contributed by atoms with Crippen LogP contribution in [0.25, 0.3) is 0 Å². The summed E-state index contributed by atoms with van der Waals surface area (Å²) in [7, 11) is 0. The molecule has 0 spiro atoms. The highest BCUT2D eigenvalue weighted by atomic mass is 16.3. The minimum Gasteiger partial charge on any atom is -0.508 e. The van der Waals surface area contributed by atoms with Crippen molar-refractivity contribution in [1.82, 2.24) is 15.2 Å². The predicted octanol–water partition coefficient (Wildman–Crippen LogP) is 2.16. The zero-order valence-electron chi connectivity index (χ0n) is 13.3. The first-order valence-corrected chi connectivity index (χ1v) is 8.07. The van der Waals surface area contributed by atoms with Gasteiger partial charge in [-0.15, -0.1) is 0 Å². The molecule has 6 nitrogen and oxygen atoms in total. The fourth-order valence-electron chi connectivity index (χ4n) is 3.12. The van der Waals surface area contributed by atoms with Crippen LogP contribution in [0.5, 0.6) is 5.75 Å². The maximum absolute atomic E-state index is 12.3.